The minimum absolute atomic E-state index is 0.0287. The average Bonchev–Trinajstić information content (AvgIpc) is 3.50. The van der Waals surface area contributed by atoms with Crippen LogP contribution in [-0.2, 0) is 17.9 Å². The zero-order valence-electron chi connectivity index (χ0n) is 19.3. The van der Waals surface area contributed by atoms with E-state index in [9.17, 15) is 19.5 Å². The molecule has 1 saturated carbocycles. The maximum absolute atomic E-state index is 13.0. The highest BCUT2D eigenvalue weighted by atomic mass is 16.3. The minimum Gasteiger partial charge on any atom is -0.494 e. The van der Waals surface area contributed by atoms with Crippen molar-refractivity contribution in [2.24, 2.45) is 5.92 Å². The van der Waals surface area contributed by atoms with Gasteiger partial charge in [0, 0.05) is 43.7 Å². The van der Waals surface area contributed by atoms with Crippen molar-refractivity contribution in [2.75, 3.05) is 7.05 Å². The van der Waals surface area contributed by atoms with E-state index in [0.29, 0.717) is 23.6 Å². The molecule has 178 valence electrons. The number of aromatic hydroxyl groups is 1. The molecule has 0 bridgehead atoms. The predicted octanol–water partition coefficient (Wildman–Crippen LogP) is 1.21. The zero-order chi connectivity index (χ0) is 24.4. The third-order valence-corrected chi connectivity index (χ3v) is 5.38. The first-order chi connectivity index (χ1) is 16.3. The molecule has 1 aliphatic carbocycles. The SMILES string of the molecule is CC(C)Cn1c(O)c(C(=O)NC2CC2)c(=O)n2ncc(C=CC(=O)N(C)Cc3ncccn3)c12. The van der Waals surface area contributed by atoms with Gasteiger partial charge in [-0.3, -0.25) is 19.0 Å². The van der Waals surface area contributed by atoms with Crippen LogP contribution in [0.4, 0.5) is 0 Å². The van der Waals surface area contributed by atoms with E-state index in [1.807, 2.05) is 13.8 Å². The molecule has 2 N–H and O–H groups in total. The number of likely N-dealkylation sites (N-methyl/N-ethyl adjacent to an activating group) is 1. The molecule has 0 unspecified atom stereocenters. The Labute approximate surface area is 195 Å². The van der Waals surface area contributed by atoms with Gasteiger partial charge in [0.1, 0.15) is 11.5 Å². The zero-order valence-corrected chi connectivity index (χ0v) is 19.3. The highest BCUT2D eigenvalue weighted by molar-refractivity contribution is 5.97. The van der Waals surface area contributed by atoms with E-state index >= 15 is 0 Å². The molecule has 0 spiro atoms. The summed E-state index contributed by atoms with van der Waals surface area (Å²) in [5.74, 6) is -0.715. The summed E-state index contributed by atoms with van der Waals surface area (Å²) < 4.78 is 2.59. The molecule has 3 aromatic rings. The number of rotatable bonds is 8. The van der Waals surface area contributed by atoms with E-state index < -0.39 is 17.3 Å². The molecule has 4 rings (SSSR count). The molecule has 0 atom stereocenters. The number of nitrogens with one attached hydrogen (secondary N) is 1. The van der Waals surface area contributed by atoms with E-state index in [1.54, 1.807) is 25.5 Å². The Hall–Kier alpha value is -4.02. The molecule has 0 aliphatic heterocycles. The lowest BCUT2D eigenvalue weighted by molar-refractivity contribution is -0.125. The number of carbonyl (C=O) groups excluding carboxylic acids is 2. The first-order valence-electron chi connectivity index (χ1n) is 11.1. The molecule has 11 heteroatoms. The van der Waals surface area contributed by atoms with E-state index in [4.69, 9.17) is 0 Å². The van der Waals surface area contributed by atoms with Crippen LogP contribution >= 0.6 is 0 Å². The molecule has 1 fully saturated rings. The fraction of sp³-hybridized carbons (Fsp3) is 0.391. The molecule has 1 aliphatic rings. The molecule has 3 heterocycles. The first-order valence-corrected chi connectivity index (χ1v) is 11.1. The van der Waals surface area contributed by atoms with Crippen LogP contribution in [0.25, 0.3) is 11.7 Å². The van der Waals surface area contributed by atoms with E-state index in [0.717, 1.165) is 17.4 Å². The number of amides is 2. The third-order valence-electron chi connectivity index (χ3n) is 5.38. The van der Waals surface area contributed by atoms with Gasteiger partial charge in [0.15, 0.2) is 5.56 Å². The molecule has 0 saturated heterocycles. The van der Waals surface area contributed by atoms with Gasteiger partial charge in [0.2, 0.25) is 11.8 Å². The van der Waals surface area contributed by atoms with Crippen molar-refractivity contribution < 1.29 is 14.7 Å². The van der Waals surface area contributed by atoms with Crippen LogP contribution in [0.3, 0.4) is 0 Å². The van der Waals surface area contributed by atoms with Crippen molar-refractivity contribution in [3.05, 3.63) is 58.0 Å². The van der Waals surface area contributed by atoms with Gasteiger partial charge >= 0.3 is 0 Å². The van der Waals surface area contributed by atoms with Crippen molar-refractivity contribution in [1.29, 1.82) is 0 Å². The summed E-state index contributed by atoms with van der Waals surface area (Å²) >= 11 is 0. The second-order valence-electron chi connectivity index (χ2n) is 8.78. The summed E-state index contributed by atoms with van der Waals surface area (Å²) in [5.41, 5.74) is -0.287. The van der Waals surface area contributed by atoms with Gasteiger partial charge in [0.25, 0.3) is 11.5 Å². The molecular formula is C23H27N7O4. The quantitative estimate of drug-likeness (QED) is 0.478. The van der Waals surface area contributed by atoms with E-state index in [1.165, 1.54) is 27.8 Å². The van der Waals surface area contributed by atoms with Crippen molar-refractivity contribution in [3.63, 3.8) is 0 Å². The summed E-state index contributed by atoms with van der Waals surface area (Å²) in [6, 6.07) is 1.73. The second kappa shape index (κ2) is 9.46. The van der Waals surface area contributed by atoms with Crippen LogP contribution in [0.1, 0.15) is 48.4 Å². The molecule has 34 heavy (non-hydrogen) atoms. The average molecular weight is 466 g/mol. The first kappa shape index (κ1) is 23.1. The van der Waals surface area contributed by atoms with Gasteiger partial charge in [-0.2, -0.15) is 9.61 Å². The lowest BCUT2D eigenvalue weighted by Gasteiger charge is -2.17. The smallest absolute Gasteiger partial charge is 0.291 e. The van der Waals surface area contributed by atoms with Crippen LogP contribution in [0.15, 0.2) is 35.5 Å². The van der Waals surface area contributed by atoms with E-state index in [2.05, 4.69) is 20.4 Å². The Balaban J connectivity index is 1.68. The number of fused-ring (bicyclic) bond motifs is 1. The Bertz CT molecular complexity index is 1310. The number of carbonyl (C=O) groups is 2. The standard InChI is InChI=1S/C23H27N7O4/c1-14(2)12-29-21-15(5-8-18(31)28(3)13-17-24-9-4-10-25-17)11-26-30(21)23(34)19(22(29)33)20(32)27-16-6-7-16/h4-5,8-11,14,16,33H,6-7,12-13H2,1-3H3,(H,27,32). The molecule has 3 aromatic heterocycles. The van der Waals surface area contributed by atoms with Crippen LogP contribution in [0.2, 0.25) is 0 Å². The fourth-order valence-electron chi connectivity index (χ4n) is 3.54. The van der Waals surface area contributed by atoms with Gasteiger partial charge in [-0.1, -0.05) is 13.8 Å². The lowest BCUT2D eigenvalue weighted by Crippen LogP contribution is -2.34. The van der Waals surface area contributed by atoms with Gasteiger partial charge in [-0.25, -0.2) is 9.97 Å². The van der Waals surface area contributed by atoms with Crippen LogP contribution in [0, 0.1) is 5.92 Å². The van der Waals surface area contributed by atoms with Crippen LogP contribution < -0.4 is 10.9 Å². The van der Waals surface area contributed by atoms with Crippen LogP contribution in [-0.4, -0.2) is 59.1 Å². The summed E-state index contributed by atoms with van der Waals surface area (Å²) in [5, 5.41) is 17.8. The maximum Gasteiger partial charge on any atom is 0.291 e. The van der Waals surface area contributed by atoms with Gasteiger partial charge in [-0.05, 0) is 30.9 Å². The lowest BCUT2D eigenvalue weighted by atomic mass is 10.2. The highest BCUT2D eigenvalue weighted by Gasteiger charge is 2.29. The van der Waals surface area contributed by atoms with E-state index in [-0.39, 0.29) is 30.0 Å². The second-order valence-corrected chi connectivity index (χ2v) is 8.78. The van der Waals surface area contributed by atoms with Gasteiger partial charge < -0.3 is 15.3 Å². The number of hydrogen-bond acceptors (Lipinski definition) is 7. The summed E-state index contributed by atoms with van der Waals surface area (Å²) in [7, 11) is 1.63. The Morgan fingerprint density at radius 2 is 2.00 bits per heavy atom. The van der Waals surface area contributed by atoms with Crippen molar-refractivity contribution in [3.8, 4) is 5.88 Å². The van der Waals surface area contributed by atoms with Gasteiger partial charge in [-0.15, -0.1) is 0 Å². The van der Waals surface area contributed by atoms with Crippen molar-refractivity contribution >= 4 is 23.5 Å². The fourth-order valence-corrected chi connectivity index (χ4v) is 3.54. The Kier molecular flexibility index (Phi) is 6.44. The largest absolute Gasteiger partial charge is 0.494 e. The molecule has 0 aromatic carbocycles. The molecular weight excluding hydrogens is 438 g/mol. The summed E-state index contributed by atoms with van der Waals surface area (Å²) in [6.07, 6.45) is 9.24. The monoisotopic (exact) mass is 465 g/mol. The predicted molar refractivity (Wildman–Crippen MR) is 124 cm³/mol. The van der Waals surface area contributed by atoms with Crippen molar-refractivity contribution in [1.82, 2.24) is 34.4 Å². The van der Waals surface area contributed by atoms with Crippen molar-refractivity contribution in [2.45, 2.75) is 45.8 Å². The Morgan fingerprint density at radius 1 is 1.29 bits per heavy atom. The highest BCUT2D eigenvalue weighted by Crippen LogP contribution is 2.24. The number of hydrogen-bond donors (Lipinski definition) is 2. The van der Waals surface area contributed by atoms with Gasteiger partial charge in [0.05, 0.1) is 12.7 Å². The molecule has 11 nitrogen and oxygen atoms in total. The van der Waals surface area contributed by atoms with Crippen LogP contribution in [0.5, 0.6) is 5.88 Å². The number of nitrogens with zero attached hydrogens (tertiary/aromatic N) is 6. The number of aromatic nitrogens is 5. The molecule has 0 radical (unpaired) electrons. The molecule has 2 amide bonds. The minimum atomic E-state index is -0.713. The maximum atomic E-state index is 13.0. The summed E-state index contributed by atoms with van der Waals surface area (Å²) in [4.78, 5) is 48.0. The third kappa shape index (κ3) is 4.82. The summed E-state index contributed by atoms with van der Waals surface area (Å²) in [6.45, 7) is 4.48. The topological polar surface area (TPSA) is 135 Å². The Morgan fingerprint density at radius 3 is 2.65 bits per heavy atom. The normalized spacial score (nSPS) is 13.6.